The van der Waals surface area contributed by atoms with E-state index in [1.165, 1.54) is 6.07 Å². The van der Waals surface area contributed by atoms with E-state index in [1.54, 1.807) is 6.07 Å². The molecule has 9 heteroatoms. The van der Waals surface area contributed by atoms with Gasteiger partial charge in [-0.05, 0) is 29.8 Å². The first-order valence-electron chi connectivity index (χ1n) is 5.38. The molecule has 0 radical (unpaired) electrons. The fourth-order valence-corrected chi connectivity index (χ4v) is 1.65. The highest BCUT2D eigenvalue weighted by Crippen LogP contribution is 2.30. The number of benzene rings is 1. The van der Waals surface area contributed by atoms with E-state index in [9.17, 15) is 17.6 Å². The summed E-state index contributed by atoms with van der Waals surface area (Å²) in [5.41, 5.74) is -1.28. The van der Waals surface area contributed by atoms with Gasteiger partial charge in [-0.3, -0.25) is 0 Å². The highest BCUT2D eigenvalue weighted by atomic mass is 35.5. The molecule has 0 spiro atoms. The monoisotopic (exact) mass is 316 g/mol. The molecule has 4 nitrogen and oxygen atoms in total. The number of hydrogen-bond donors (Lipinski definition) is 1. The van der Waals surface area contributed by atoms with Crippen LogP contribution in [0.15, 0.2) is 24.3 Å². The normalized spacial score (nSPS) is 11.0. The third-order valence-electron chi connectivity index (χ3n) is 2.35. The largest absolute Gasteiger partial charge is 0.433 e. The number of nitriles is 1. The highest BCUT2D eigenvalue weighted by Gasteiger charge is 2.33. The Labute approximate surface area is 121 Å². The number of anilines is 2. The maximum absolute atomic E-state index is 13.1. The van der Waals surface area contributed by atoms with Gasteiger partial charge in [-0.2, -0.15) is 18.4 Å². The molecule has 0 unspecified atom stereocenters. The Balaban J connectivity index is 2.36. The zero-order valence-electron chi connectivity index (χ0n) is 10.0. The quantitative estimate of drug-likeness (QED) is 0.674. The van der Waals surface area contributed by atoms with E-state index in [0.29, 0.717) is 6.07 Å². The number of rotatable bonds is 2. The number of halogens is 5. The van der Waals surface area contributed by atoms with Crippen molar-refractivity contribution in [3.63, 3.8) is 0 Å². The zero-order valence-corrected chi connectivity index (χ0v) is 10.8. The van der Waals surface area contributed by atoms with Gasteiger partial charge in [-0.15, -0.1) is 0 Å². The minimum absolute atomic E-state index is 0.191. The van der Waals surface area contributed by atoms with Crippen molar-refractivity contribution in [2.75, 3.05) is 5.32 Å². The number of nitrogens with zero attached hydrogens (tertiary/aromatic N) is 3. The second-order valence-corrected chi connectivity index (χ2v) is 4.17. The maximum atomic E-state index is 13.1. The molecule has 0 saturated carbocycles. The molecule has 0 aliphatic rings. The van der Waals surface area contributed by atoms with Crippen molar-refractivity contribution >= 4 is 23.1 Å². The molecule has 1 heterocycles. The molecule has 2 rings (SSSR count). The first kappa shape index (κ1) is 15.0. The van der Waals surface area contributed by atoms with Crippen LogP contribution in [0.25, 0.3) is 0 Å². The Bertz CT molecular complexity index is 724. The maximum Gasteiger partial charge on any atom is 0.433 e. The van der Waals surface area contributed by atoms with E-state index in [2.05, 4.69) is 15.3 Å². The van der Waals surface area contributed by atoms with Gasteiger partial charge in [-0.25, -0.2) is 14.4 Å². The molecule has 1 aromatic heterocycles. The number of hydrogen-bond acceptors (Lipinski definition) is 4. The smallest absolute Gasteiger partial charge is 0.340 e. The number of nitrogens with one attached hydrogen (secondary N) is 1. The van der Waals surface area contributed by atoms with Crippen LogP contribution in [0.5, 0.6) is 0 Å². The second kappa shape index (κ2) is 5.54. The van der Waals surface area contributed by atoms with Gasteiger partial charge in [0, 0.05) is 11.8 Å². The Morgan fingerprint density at radius 1 is 1.19 bits per heavy atom. The van der Waals surface area contributed by atoms with E-state index < -0.39 is 23.0 Å². The van der Waals surface area contributed by atoms with Crippen LogP contribution in [0.2, 0.25) is 5.28 Å². The van der Waals surface area contributed by atoms with Gasteiger partial charge in [0.15, 0.2) is 5.69 Å². The summed E-state index contributed by atoms with van der Waals surface area (Å²) in [4.78, 5) is 6.66. The second-order valence-electron chi connectivity index (χ2n) is 3.84. The van der Waals surface area contributed by atoms with E-state index in [0.717, 1.165) is 12.1 Å². The third-order valence-corrected chi connectivity index (χ3v) is 2.52. The van der Waals surface area contributed by atoms with Gasteiger partial charge < -0.3 is 5.32 Å². The summed E-state index contributed by atoms with van der Waals surface area (Å²) >= 11 is 5.43. The van der Waals surface area contributed by atoms with Gasteiger partial charge in [0.1, 0.15) is 17.7 Å². The van der Waals surface area contributed by atoms with Crippen LogP contribution in [-0.4, -0.2) is 9.97 Å². The van der Waals surface area contributed by atoms with Gasteiger partial charge in [0.25, 0.3) is 0 Å². The number of aromatic nitrogens is 2. The predicted octanol–water partition coefficient (Wildman–Crippen LogP) is 3.90. The minimum atomic E-state index is -4.68. The summed E-state index contributed by atoms with van der Waals surface area (Å²) in [5.74, 6) is -0.961. The summed E-state index contributed by atoms with van der Waals surface area (Å²) in [6.07, 6.45) is -4.68. The van der Waals surface area contributed by atoms with Gasteiger partial charge in [0.05, 0.1) is 5.56 Å². The third kappa shape index (κ3) is 3.58. The molecule has 108 valence electrons. The molecule has 0 atom stereocenters. The van der Waals surface area contributed by atoms with Crippen molar-refractivity contribution in [1.29, 1.82) is 5.26 Å². The van der Waals surface area contributed by atoms with E-state index in [4.69, 9.17) is 16.9 Å². The fourth-order valence-electron chi connectivity index (χ4n) is 1.46. The number of alkyl halides is 3. The van der Waals surface area contributed by atoms with Crippen molar-refractivity contribution in [3.8, 4) is 6.07 Å². The van der Waals surface area contributed by atoms with Crippen LogP contribution < -0.4 is 5.32 Å². The lowest BCUT2D eigenvalue weighted by atomic mass is 10.2. The molecular formula is C12H5ClF4N4. The molecule has 0 aliphatic carbocycles. The van der Waals surface area contributed by atoms with Gasteiger partial charge >= 0.3 is 6.18 Å². The molecule has 1 N–H and O–H groups in total. The topological polar surface area (TPSA) is 61.6 Å². The van der Waals surface area contributed by atoms with Crippen LogP contribution in [0.3, 0.4) is 0 Å². The summed E-state index contributed by atoms with van der Waals surface area (Å²) in [5, 5.41) is 10.6. The predicted molar refractivity (Wildman–Crippen MR) is 66.4 cm³/mol. The molecule has 0 aliphatic heterocycles. The minimum Gasteiger partial charge on any atom is -0.340 e. The molecule has 21 heavy (non-hydrogen) atoms. The van der Waals surface area contributed by atoms with Crippen LogP contribution in [0.1, 0.15) is 11.3 Å². The van der Waals surface area contributed by atoms with Crippen molar-refractivity contribution < 1.29 is 17.6 Å². The van der Waals surface area contributed by atoms with Crippen LogP contribution in [-0.2, 0) is 6.18 Å². The summed E-state index contributed by atoms with van der Waals surface area (Å²) in [6, 6.07) is 5.66. The van der Waals surface area contributed by atoms with Crippen molar-refractivity contribution in [2.45, 2.75) is 6.18 Å². The van der Waals surface area contributed by atoms with Crippen LogP contribution >= 0.6 is 11.6 Å². The molecule has 2 aromatic rings. The van der Waals surface area contributed by atoms with Crippen molar-refractivity contribution in [3.05, 3.63) is 46.6 Å². The Morgan fingerprint density at radius 2 is 1.90 bits per heavy atom. The molecular weight excluding hydrogens is 312 g/mol. The molecule has 0 bridgehead atoms. The molecule has 1 aromatic carbocycles. The Hall–Kier alpha value is -2.40. The van der Waals surface area contributed by atoms with Crippen molar-refractivity contribution in [1.82, 2.24) is 9.97 Å². The van der Waals surface area contributed by atoms with Gasteiger partial charge in [0.2, 0.25) is 5.28 Å². The van der Waals surface area contributed by atoms with E-state index in [-0.39, 0.29) is 17.1 Å². The average molecular weight is 317 g/mol. The fraction of sp³-hybridized carbons (Fsp3) is 0.0833. The lowest BCUT2D eigenvalue weighted by molar-refractivity contribution is -0.141. The first-order valence-corrected chi connectivity index (χ1v) is 5.76. The van der Waals surface area contributed by atoms with Crippen LogP contribution in [0.4, 0.5) is 29.1 Å². The standard InChI is InChI=1S/C12H5ClF4N4/c13-11-20-9(12(15,16)17)4-10(21-11)19-7-1-2-8(14)6(3-7)5-18/h1-4H,(H,19,20,21). The summed E-state index contributed by atoms with van der Waals surface area (Å²) in [6.45, 7) is 0. The SMILES string of the molecule is N#Cc1cc(Nc2cc(C(F)(F)F)nc(Cl)n2)ccc1F. The van der Waals surface area contributed by atoms with E-state index in [1.807, 2.05) is 0 Å². The van der Waals surface area contributed by atoms with Crippen LogP contribution in [0, 0.1) is 17.1 Å². The molecule has 0 amide bonds. The Kier molecular flexibility index (Phi) is 3.95. The molecule has 0 fully saturated rings. The molecule has 0 saturated heterocycles. The summed E-state index contributed by atoms with van der Waals surface area (Å²) in [7, 11) is 0. The zero-order chi connectivity index (χ0) is 15.6. The average Bonchev–Trinajstić information content (AvgIpc) is 2.39. The Morgan fingerprint density at radius 3 is 2.52 bits per heavy atom. The lowest BCUT2D eigenvalue weighted by Gasteiger charge is -2.10. The van der Waals surface area contributed by atoms with E-state index >= 15 is 0 Å². The highest BCUT2D eigenvalue weighted by molar-refractivity contribution is 6.28. The summed E-state index contributed by atoms with van der Waals surface area (Å²) < 4.78 is 50.9. The van der Waals surface area contributed by atoms with Crippen molar-refractivity contribution in [2.24, 2.45) is 0 Å². The lowest BCUT2D eigenvalue weighted by Crippen LogP contribution is -2.10. The first-order chi connectivity index (χ1) is 9.79. The van der Waals surface area contributed by atoms with Gasteiger partial charge in [-0.1, -0.05) is 0 Å².